The van der Waals surface area contributed by atoms with Gasteiger partial charge in [0.15, 0.2) is 0 Å². The molecule has 31 heavy (non-hydrogen) atoms. The van der Waals surface area contributed by atoms with Crippen molar-refractivity contribution < 1.29 is 19.4 Å². The molecule has 2 N–H and O–H groups in total. The highest BCUT2D eigenvalue weighted by Crippen LogP contribution is 2.37. The number of benzene rings is 1. The fraction of sp³-hybridized carbons (Fsp3) is 0.500. The van der Waals surface area contributed by atoms with Gasteiger partial charge in [-0.3, -0.25) is 9.36 Å². The van der Waals surface area contributed by atoms with Crippen molar-refractivity contribution >= 4 is 20.5 Å². The van der Waals surface area contributed by atoms with Crippen molar-refractivity contribution in [3.05, 3.63) is 58.6 Å². The van der Waals surface area contributed by atoms with E-state index in [9.17, 15) is 14.7 Å². The summed E-state index contributed by atoms with van der Waals surface area (Å²) in [6.45, 7) is 10.1. The molecule has 0 aliphatic carbocycles. The smallest absolute Gasteiger partial charge is 0.351 e. The number of aliphatic hydroxyl groups excluding tert-OH is 1. The van der Waals surface area contributed by atoms with Gasteiger partial charge in [-0.1, -0.05) is 31.3 Å². The van der Waals surface area contributed by atoms with Crippen LogP contribution in [0.25, 0.3) is 0 Å². The van der Waals surface area contributed by atoms with Crippen molar-refractivity contribution in [3.63, 3.8) is 0 Å². The molecule has 8 nitrogen and oxygen atoms in total. The van der Waals surface area contributed by atoms with Gasteiger partial charge in [0.05, 0.1) is 18.3 Å². The maximum atomic E-state index is 12.9. The topological polar surface area (TPSA) is 103 Å². The molecule has 1 radical (unpaired) electrons. The number of ether oxygens (including phenoxy) is 2. The standard InChI is InChI=1S/C22H30N3O5Si/c1-21(2,3)29-14-17-16(26)13-22(30-17,31(4)5)25-12-11-18(24-20(25)28)23-19(27)15-9-7-6-8-10-15/h6-12,16-17,26H,13-14H2,1-5H3,(H,23,24,27,28). The van der Waals surface area contributed by atoms with Gasteiger partial charge in [0.25, 0.3) is 5.91 Å². The normalized spacial score (nSPS) is 23.8. The Labute approximate surface area is 183 Å². The lowest BCUT2D eigenvalue weighted by atomic mass is 10.1. The first-order chi connectivity index (χ1) is 14.5. The van der Waals surface area contributed by atoms with E-state index in [0.717, 1.165) is 0 Å². The second-order valence-corrected chi connectivity index (χ2v) is 11.7. The zero-order chi connectivity index (χ0) is 22.8. The number of hydrogen-bond donors (Lipinski definition) is 2. The molecule has 0 spiro atoms. The van der Waals surface area contributed by atoms with E-state index >= 15 is 0 Å². The lowest BCUT2D eigenvalue weighted by Gasteiger charge is -2.34. The molecular weight excluding hydrogens is 414 g/mol. The van der Waals surface area contributed by atoms with Crippen LogP contribution >= 0.6 is 0 Å². The maximum absolute atomic E-state index is 12.9. The predicted octanol–water partition coefficient (Wildman–Crippen LogP) is 2.41. The highest BCUT2D eigenvalue weighted by molar-refractivity contribution is 6.58. The van der Waals surface area contributed by atoms with E-state index in [1.807, 2.05) is 39.9 Å². The Bertz CT molecular complexity index is 973. The number of carbonyl (C=O) groups is 1. The summed E-state index contributed by atoms with van der Waals surface area (Å²) in [6, 6.07) is 10.3. The first-order valence-corrected chi connectivity index (χ1v) is 12.8. The highest BCUT2D eigenvalue weighted by Gasteiger charge is 2.50. The molecule has 2 heterocycles. The largest absolute Gasteiger partial charge is 0.390 e. The van der Waals surface area contributed by atoms with Crippen molar-refractivity contribution in [1.82, 2.24) is 9.55 Å². The molecule has 2 aromatic rings. The molecule has 3 rings (SSSR count). The van der Waals surface area contributed by atoms with E-state index in [2.05, 4.69) is 10.3 Å². The fourth-order valence-corrected chi connectivity index (χ4v) is 5.17. The molecule has 3 unspecified atom stereocenters. The van der Waals surface area contributed by atoms with Gasteiger partial charge in [0, 0.05) is 18.2 Å². The van der Waals surface area contributed by atoms with Crippen molar-refractivity contribution in [2.45, 2.75) is 63.4 Å². The van der Waals surface area contributed by atoms with Crippen LogP contribution in [-0.2, 0) is 14.8 Å². The minimum absolute atomic E-state index is 0.164. The summed E-state index contributed by atoms with van der Waals surface area (Å²) >= 11 is 0. The first-order valence-electron chi connectivity index (χ1n) is 10.3. The van der Waals surface area contributed by atoms with Gasteiger partial charge >= 0.3 is 5.69 Å². The van der Waals surface area contributed by atoms with Crippen LogP contribution < -0.4 is 11.0 Å². The average Bonchev–Trinajstić information content (AvgIpc) is 3.04. The van der Waals surface area contributed by atoms with Gasteiger partial charge in [0.1, 0.15) is 26.1 Å². The number of amides is 1. The molecule has 0 bridgehead atoms. The zero-order valence-electron chi connectivity index (χ0n) is 18.6. The quantitative estimate of drug-likeness (QED) is 0.664. The number of hydrogen-bond acceptors (Lipinski definition) is 6. The van der Waals surface area contributed by atoms with E-state index in [0.29, 0.717) is 5.56 Å². The minimum Gasteiger partial charge on any atom is -0.390 e. The number of nitrogens with zero attached hydrogens (tertiary/aromatic N) is 2. The average molecular weight is 445 g/mol. The van der Waals surface area contributed by atoms with Crippen LogP contribution in [0.5, 0.6) is 0 Å². The minimum atomic E-state index is -1.24. The second-order valence-electron chi connectivity index (χ2n) is 8.92. The molecule has 1 amide bonds. The Balaban J connectivity index is 1.82. The van der Waals surface area contributed by atoms with Crippen LogP contribution in [0.4, 0.5) is 5.82 Å². The molecule has 1 fully saturated rings. The van der Waals surface area contributed by atoms with Crippen LogP contribution in [-0.4, -0.2) is 53.8 Å². The van der Waals surface area contributed by atoms with Gasteiger partial charge in [-0.2, -0.15) is 4.98 Å². The van der Waals surface area contributed by atoms with Crippen molar-refractivity contribution in [1.29, 1.82) is 0 Å². The molecule has 167 valence electrons. The predicted molar refractivity (Wildman–Crippen MR) is 120 cm³/mol. The summed E-state index contributed by atoms with van der Waals surface area (Å²) in [5.41, 5.74) is -0.430. The molecule has 1 saturated heterocycles. The summed E-state index contributed by atoms with van der Waals surface area (Å²) in [6.07, 6.45) is 0.562. The monoisotopic (exact) mass is 444 g/mol. The van der Waals surface area contributed by atoms with E-state index in [4.69, 9.17) is 9.47 Å². The number of nitrogens with one attached hydrogen (secondary N) is 1. The number of aliphatic hydroxyl groups is 1. The lowest BCUT2D eigenvalue weighted by molar-refractivity contribution is -0.114. The van der Waals surface area contributed by atoms with E-state index in [1.54, 1.807) is 36.5 Å². The van der Waals surface area contributed by atoms with Crippen molar-refractivity contribution in [3.8, 4) is 0 Å². The highest BCUT2D eigenvalue weighted by atomic mass is 28.3. The van der Waals surface area contributed by atoms with Gasteiger partial charge in [-0.05, 0) is 39.0 Å². The molecule has 3 atom stereocenters. The summed E-state index contributed by atoms with van der Waals surface area (Å²) in [4.78, 5) is 29.3. The van der Waals surface area contributed by atoms with Crippen LogP contribution in [0.2, 0.25) is 13.1 Å². The van der Waals surface area contributed by atoms with E-state index < -0.39 is 32.0 Å². The second kappa shape index (κ2) is 9.03. The van der Waals surface area contributed by atoms with Crippen LogP contribution in [0, 0.1) is 0 Å². The van der Waals surface area contributed by atoms with Gasteiger partial charge in [0.2, 0.25) is 0 Å². The summed E-state index contributed by atoms with van der Waals surface area (Å²) in [5, 5.41) is 12.3. The third kappa shape index (κ3) is 5.30. The Morgan fingerprint density at radius 2 is 2.00 bits per heavy atom. The Morgan fingerprint density at radius 1 is 1.32 bits per heavy atom. The number of carbonyl (C=O) groups excluding carboxylic acids is 1. The molecule has 0 saturated carbocycles. The van der Waals surface area contributed by atoms with Crippen LogP contribution in [0.3, 0.4) is 0 Å². The SMILES string of the molecule is C[Si](C)C1(n2ccc(NC(=O)c3ccccc3)nc2=O)CC(O)C(COC(C)(C)C)O1. The van der Waals surface area contributed by atoms with E-state index in [-0.39, 0.29) is 30.4 Å². The summed E-state index contributed by atoms with van der Waals surface area (Å²) in [7, 11) is -1.24. The number of rotatable bonds is 6. The molecule has 1 aliphatic rings. The molecule has 1 aromatic carbocycles. The number of anilines is 1. The van der Waals surface area contributed by atoms with Crippen molar-refractivity contribution in [2.75, 3.05) is 11.9 Å². The van der Waals surface area contributed by atoms with Crippen LogP contribution in [0.1, 0.15) is 37.6 Å². The zero-order valence-corrected chi connectivity index (χ0v) is 19.6. The summed E-state index contributed by atoms with van der Waals surface area (Å²) < 4.78 is 13.5. The number of aromatic nitrogens is 2. The lowest BCUT2D eigenvalue weighted by Crippen LogP contribution is -2.51. The Kier molecular flexibility index (Phi) is 6.80. The third-order valence-electron chi connectivity index (χ3n) is 5.19. The summed E-state index contributed by atoms with van der Waals surface area (Å²) in [5.74, 6) is -0.181. The maximum Gasteiger partial charge on any atom is 0.351 e. The molecule has 9 heteroatoms. The Morgan fingerprint density at radius 3 is 2.58 bits per heavy atom. The van der Waals surface area contributed by atoms with Gasteiger partial charge in [-0.15, -0.1) is 0 Å². The third-order valence-corrected chi connectivity index (χ3v) is 7.32. The molecular formula is C22H30N3O5Si. The van der Waals surface area contributed by atoms with Crippen LogP contribution in [0.15, 0.2) is 47.4 Å². The van der Waals surface area contributed by atoms with Gasteiger partial charge < -0.3 is 19.9 Å². The molecule has 1 aliphatic heterocycles. The van der Waals surface area contributed by atoms with Gasteiger partial charge in [-0.25, -0.2) is 4.79 Å². The van der Waals surface area contributed by atoms with E-state index in [1.165, 1.54) is 4.57 Å². The first kappa shape index (κ1) is 23.3. The fourth-order valence-electron chi connectivity index (χ4n) is 3.51. The van der Waals surface area contributed by atoms with Crippen molar-refractivity contribution in [2.24, 2.45) is 0 Å². The molecule has 1 aromatic heterocycles. The Hall–Kier alpha value is -2.33.